The number of fused-ring (bicyclic) bond motifs is 1. The van der Waals surface area contributed by atoms with Gasteiger partial charge in [0.25, 0.3) is 5.91 Å². The van der Waals surface area contributed by atoms with E-state index < -0.39 is 17.8 Å². The summed E-state index contributed by atoms with van der Waals surface area (Å²) in [5, 5.41) is 6.76. The standard InChI is InChI=1S/C25H20FN5O3/c1-16(34-18-8-11-22(19(26)14-18)31-13-5-12-27-31)25(33)30-15-23(32)28-21-10-9-20(29-24(21)30)17-6-3-2-4-7-17/h2-14,16H,15H2,1H3,(H,28,32). The Morgan fingerprint density at radius 1 is 1.12 bits per heavy atom. The number of anilines is 2. The van der Waals surface area contributed by atoms with Crippen molar-refractivity contribution in [1.29, 1.82) is 0 Å². The highest BCUT2D eigenvalue weighted by Gasteiger charge is 2.32. The Balaban J connectivity index is 1.39. The van der Waals surface area contributed by atoms with Crippen LogP contribution in [0.25, 0.3) is 16.9 Å². The zero-order valence-corrected chi connectivity index (χ0v) is 18.2. The number of halogens is 1. The molecule has 0 aliphatic carbocycles. The van der Waals surface area contributed by atoms with E-state index in [2.05, 4.69) is 15.4 Å². The van der Waals surface area contributed by atoms with Crippen molar-refractivity contribution in [3.05, 3.63) is 84.9 Å². The first-order chi connectivity index (χ1) is 16.5. The van der Waals surface area contributed by atoms with Gasteiger partial charge in [-0.25, -0.2) is 14.1 Å². The number of nitrogens with zero attached hydrogens (tertiary/aromatic N) is 4. The third-order valence-electron chi connectivity index (χ3n) is 5.37. The van der Waals surface area contributed by atoms with Gasteiger partial charge in [-0.3, -0.25) is 14.5 Å². The Hall–Kier alpha value is -4.53. The molecule has 0 bridgehead atoms. The molecule has 9 heteroatoms. The van der Waals surface area contributed by atoms with Crippen LogP contribution in [0.5, 0.6) is 5.75 Å². The maximum Gasteiger partial charge on any atom is 0.269 e. The number of hydrogen-bond acceptors (Lipinski definition) is 5. The topological polar surface area (TPSA) is 89.4 Å². The molecule has 0 saturated heterocycles. The van der Waals surface area contributed by atoms with E-state index in [1.54, 1.807) is 43.6 Å². The summed E-state index contributed by atoms with van der Waals surface area (Å²) < 4.78 is 21.7. The van der Waals surface area contributed by atoms with Gasteiger partial charge in [0.15, 0.2) is 17.7 Å². The second-order valence-electron chi connectivity index (χ2n) is 7.73. The Morgan fingerprint density at radius 3 is 2.68 bits per heavy atom. The van der Waals surface area contributed by atoms with Gasteiger partial charge in [-0.15, -0.1) is 0 Å². The average Bonchev–Trinajstić information content (AvgIpc) is 3.38. The number of ether oxygens (including phenoxy) is 1. The fourth-order valence-electron chi connectivity index (χ4n) is 3.74. The van der Waals surface area contributed by atoms with Crippen LogP contribution in [0.3, 0.4) is 0 Å². The van der Waals surface area contributed by atoms with Crippen molar-refractivity contribution in [1.82, 2.24) is 14.8 Å². The van der Waals surface area contributed by atoms with Crippen LogP contribution in [0.1, 0.15) is 6.92 Å². The molecule has 4 aromatic rings. The van der Waals surface area contributed by atoms with Gasteiger partial charge in [0.1, 0.15) is 18.0 Å². The van der Waals surface area contributed by atoms with E-state index in [9.17, 15) is 14.0 Å². The largest absolute Gasteiger partial charge is 0.481 e. The number of carbonyl (C=O) groups excluding carboxylic acids is 2. The molecule has 1 aliphatic heterocycles. The number of benzene rings is 2. The van der Waals surface area contributed by atoms with Crippen molar-refractivity contribution < 1.29 is 18.7 Å². The van der Waals surface area contributed by atoms with Gasteiger partial charge in [0.05, 0.1) is 11.4 Å². The monoisotopic (exact) mass is 457 g/mol. The van der Waals surface area contributed by atoms with Crippen molar-refractivity contribution in [2.75, 3.05) is 16.8 Å². The zero-order chi connectivity index (χ0) is 23.7. The fraction of sp³-hybridized carbons (Fsp3) is 0.120. The Morgan fingerprint density at radius 2 is 1.94 bits per heavy atom. The maximum absolute atomic E-state index is 14.6. The molecule has 3 heterocycles. The van der Waals surface area contributed by atoms with Crippen LogP contribution in [0, 0.1) is 5.82 Å². The Labute approximate surface area is 194 Å². The van der Waals surface area contributed by atoms with E-state index in [-0.39, 0.29) is 23.9 Å². The molecule has 2 amide bonds. The summed E-state index contributed by atoms with van der Waals surface area (Å²) in [6.45, 7) is 1.35. The predicted octanol–water partition coefficient (Wildman–Crippen LogP) is 3.83. The Kier molecular flexibility index (Phi) is 5.51. The number of amides is 2. The molecular weight excluding hydrogens is 437 g/mol. The minimum atomic E-state index is -0.990. The van der Waals surface area contributed by atoms with Crippen LogP contribution in [-0.4, -0.2) is 39.2 Å². The fourth-order valence-corrected chi connectivity index (χ4v) is 3.74. The smallest absolute Gasteiger partial charge is 0.269 e. The van der Waals surface area contributed by atoms with Crippen molar-refractivity contribution in [2.45, 2.75) is 13.0 Å². The van der Waals surface area contributed by atoms with Gasteiger partial charge in [-0.2, -0.15) is 5.10 Å². The predicted molar refractivity (Wildman–Crippen MR) is 124 cm³/mol. The number of carbonyl (C=O) groups is 2. The summed E-state index contributed by atoms with van der Waals surface area (Å²) in [6, 6.07) is 19.0. The molecule has 34 heavy (non-hydrogen) atoms. The highest BCUT2D eigenvalue weighted by molar-refractivity contribution is 6.10. The molecule has 2 aromatic carbocycles. The van der Waals surface area contributed by atoms with E-state index in [0.29, 0.717) is 17.2 Å². The summed E-state index contributed by atoms with van der Waals surface area (Å²) in [6.07, 6.45) is 2.19. The highest BCUT2D eigenvalue weighted by atomic mass is 19.1. The van der Waals surface area contributed by atoms with E-state index >= 15 is 0 Å². The number of hydrogen-bond donors (Lipinski definition) is 1. The second kappa shape index (κ2) is 8.78. The summed E-state index contributed by atoms with van der Waals surface area (Å²) in [4.78, 5) is 31.4. The minimum absolute atomic E-state index is 0.182. The highest BCUT2D eigenvalue weighted by Crippen LogP contribution is 2.31. The van der Waals surface area contributed by atoms with Crippen LogP contribution in [0.4, 0.5) is 15.9 Å². The van der Waals surface area contributed by atoms with Gasteiger partial charge >= 0.3 is 0 Å². The van der Waals surface area contributed by atoms with Gasteiger partial charge in [0, 0.05) is 24.0 Å². The van der Waals surface area contributed by atoms with Crippen molar-refractivity contribution >= 4 is 23.3 Å². The van der Waals surface area contributed by atoms with Crippen LogP contribution < -0.4 is 15.0 Å². The Bertz CT molecular complexity index is 1360. The molecule has 0 spiro atoms. The summed E-state index contributed by atoms with van der Waals surface area (Å²) >= 11 is 0. The summed E-state index contributed by atoms with van der Waals surface area (Å²) in [5.74, 6) is -0.830. The lowest BCUT2D eigenvalue weighted by Crippen LogP contribution is -2.47. The molecule has 2 aromatic heterocycles. The van der Waals surface area contributed by atoms with Gasteiger partial charge in [0.2, 0.25) is 5.91 Å². The van der Waals surface area contributed by atoms with E-state index in [1.807, 2.05) is 30.3 Å². The third-order valence-corrected chi connectivity index (χ3v) is 5.37. The number of aromatic nitrogens is 3. The molecule has 8 nitrogen and oxygen atoms in total. The molecule has 0 radical (unpaired) electrons. The van der Waals surface area contributed by atoms with Crippen molar-refractivity contribution in [3.8, 4) is 22.7 Å². The molecule has 1 atom stereocenters. The second-order valence-corrected chi connectivity index (χ2v) is 7.73. The van der Waals surface area contributed by atoms with E-state index in [0.717, 1.165) is 5.56 Å². The van der Waals surface area contributed by atoms with Crippen LogP contribution in [-0.2, 0) is 9.59 Å². The molecule has 1 N–H and O–H groups in total. The summed E-state index contributed by atoms with van der Waals surface area (Å²) in [7, 11) is 0. The summed E-state index contributed by atoms with van der Waals surface area (Å²) in [5.41, 5.74) is 2.24. The molecule has 1 aliphatic rings. The third kappa shape index (κ3) is 4.11. The lowest BCUT2D eigenvalue weighted by molar-refractivity contribution is -0.126. The molecule has 5 rings (SSSR count). The zero-order valence-electron chi connectivity index (χ0n) is 18.2. The number of pyridine rings is 1. The van der Waals surface area contributed by atoms with Crippen molar-refractivity contribution in [2.24, 2.45) is 0 Å². The van der Waals surface area contributed by atoms with Gasteiger partial charge < -0.3 is 10.1 Å². The maximum atomic E-state index is 14.6. The van der Waals surface area contributed by atoms with Crippen LogP contribution >= 0.6 is 0 Å². The molecular formula is C25H20FN5O3. The normalized spacial score (nSPS) is 13.7. The number of rotatable bonds is 5. The molecule has 1 unspecified atom stereocenters. The SMILES string of the molecule is CC(Oc1ccc(-n2cccn2)c(F)c1)C(=O)N1CC(=O)Nc2ccc(-c3ccccc3)nc21. The van der Waals surface area contributed by atoms with Crippen LogP contribution in [0.15, 0.2) is 79.1 Å². The minimum Gasteiger partial charge on any atom is -0.481 e. The molecule has 0 fully saturated rings. The lowest BCUT2D eigenvalue weighted by Gasteiger charge is -2.30. The van der Waals surface area contributed by atoms with E-state index in [4.69, 9.17) is 4.74 Å². The van der Waals surface area contributed by atoms with Gasteiger partial charge in [-0.1, -0.05) is 30.3 Å². The first-order valence-electron chi connectivity index (χ1n) is 10.6. The first kappa shape index (κ1) is 21.3. The molecule has 0 saturated carbocycles. The lowest BCUT2D eigenvalue weighted by atomic mass is 10.1. The molecule has 170 valence electrons. The average molecular weight is 457 g/mol. The first-order valence-corrected chi connectivity index (χ1v) is 10.6. The van der Waals surface area contributed by atoms with E-state index in [1.165, 1.54) is 21.7 Å². The van der Waals surface area contributed by atoms with Crippen LogP contribution in [0.2, 0.25) is 0 Å². The quantitative estimate of drug-likeness (QED) is 0.492. The van der Waals surface area contributed by atoms with Crippen molar-refractivity contribution in [3.63, 3.8) is 0 Å². The van der Waals surface area contributed by atoms with Gasteiger partial charge in [-0.05, 0) is 37.3 Å². The number of nitrogens with one attached hydrogen (secondary N) is 1.